The molecule has 0 aliphatic carbocycles. The zero-order chi connectivity index (χ0) is 11.8. The van der Waals surface area contributed by atoms with Crippen LogP contribution in [0.3, 0.4) is 0 Å². The Morgan fingerprint density at radius 2 is 2.18 bits per heavy atom. The van der Waals surface area contributed by atoms with Crippen LogP contribution in [0.4, 0.5) is 0 Å². The highest BCUT2D eigenvalue weighted by atomic mass is 35.5. The van der Waals surface area contributed by atoms with Crippen LogP contribution in [0.15, 0.2) is 35.8 Å². The van der Waals surface area contributed by atoms with Crippen molar-refractivity contribution >= 4 is 44.5 Å². The van der Waals surface area contributed by atoms with Crippen LogP contribution in [0.1, 0.15) is 16.5 Å². The van der Waals surface area contributed by atoms with Crippen molar-refractivity contribution in [2.75, 3.05) is 0 Å². The van der Waals surface area contributed by atoms with Crippen molar-refractivity contribution in [3.63, 3.8) is 0 Å². The van der Waals surface area contributed by atoms with E-state index in [0.29, 0.717) is 4.34 Å². The molecule has 5 heteroatoms. The average molecular weight is 282 g/mol. The van der Waals surface area contributed by atoms with Gasteiger partial charge in [0.2, 0.25) is 0 Å². The van der Waals surface area contributed by atoms with Gasteiger partial charge in [0.25, 0.3) is 0 Å². The van der Waals surface area contributed by atoms with Crippen molar-refractivity contribution in [3.8, 4) is 0 Å². The van der Waals surface area contributed by atoms with Gasteiger partial charge in [0.05, 0.1) is 14.6 Å². The Morgan fingerprint density at radius 1 is 1.29 bits per heavy atom. The fourth-order valence-corrected chi connectivity index (χ4v) is 3.52. The summed E-state index contributed by atoms with van der Waals surface area (Å²) in [6.07, 6.45) is 1.07. The number of hydrogen-bond donors (Lipinski definition) is 1. The maximum atomic E-state index is 10.2. The molecule has 0 saturated heterocycles. The Labute approximate surface area is 111 Å². The minimum absolute atomic E-state index is 0.647. The summed E-state index contributed by atoms with van der Waals surface area (Å²) in [4.78, 5) is 5.16. The molecule has 0 radical (unpaired) electrons. The van der Waals surface area contributed by atoms with E-state index in [4.69, 9.17) is 11.6 Å². The summed E-state index contributed by atoms with van der Waals surface area (Å²) in [6, 6.07) is 7.58. The van der Waals surface area contributed by atoms with E-state index in [9.17, 15) is 5.11 Å². The highest BCUT2D eigenvalue weighted by Gasteiger charge is 2.14. The summed E-state index contributed by atoms with van der Waals surface area (Å²) in [7, 11) is 0. The molecule has 0 bridgehead atoms. The third-order valence-corrected chi connectivity index (χ3v) is 4.64. The summed E-state index contributed by atoms with van der Waals surface area (Å²) in [5.41, 5.74) is 1.77. The van der Waals surface area contributed by atoms with Gasteiger partial charge < -0.3 is 5.11 Å². The van der Waals surface area contributed by atoms with Crippen LogP contribution in [0.2, 0.25) is 4.34 Å². The maximum Gasteiger partial charge on any atom is 0.115 e. The van der Waals surface area contributed by atoms with Gasteiger partial charge in [-0.1, -0.05) is 11.6 Å². The largest absolute Gasteiger partial charge is 0.383 e. The minimum atomic E-state index is -0.647. The SMILES string of the molecule is OC(c1cnc2ccsc2c1)c1ccc(Cl)s1. The number of halogens is 1. The van der Waals surface area contributed by atoms with Gasteiger partial charge >= 0.3 is 0 Å². The number of aliphatic hydroxyl groups is 1. The molecule has 0 amide bonds. The first-order valence-electron chi connectivity index (χ1n) is 5.00. The number of pyridine rings is 1. The van der Waals surface area contributed by atoms with Crippen LogP contribution in [0.25, 0.3) is 10.2 Å². The zero-order valence-electron chi connectivity index (χ0n) is 8.63. The van der Waals surface area contributed by atoms with Gasteiger partial charge in [-0.05, 0) is 29.6 Å². The van der Waals surface area contributed by atoms with Crippen LogP contribution in [-0.2, 0) is 0 Å². The molecule has 1 N–H and O–H groups in total. The van der Waals surface area contributed by atoms with Gasteiger partial charge in [0.15, 0.2) is 0 Å². The molecule has 0 aliphatic heterocycles. The average Bonchev–Trinajstić information content (AvgIpc) is 2.95. The van der Waals surface area contributed by atoms with Crippen LogP contribution < -0.4 is 0 Å². The lowest BCUT2D eigenvalue weighted by molar-refractivity contribution is 0.224. The second-order valence-electron chi connectivity index (χ2n) is 3.62. The summed E-state index contributed by atoms with van der Waals surface area (Å²) in [6.45, 7) is 0. The molecule has 1 atom stereocenters. The number of hydrogen-bond acceptors (Lipinski definition) is 4. The third-order valence-electron chi connectivity index (χ3n) is 2.50. The molecule has 3 aromatic heterocycles. The lowest BCUT2D eigenvalue weighted by Crippen LogP contribution is -1.97. The van der Waals surface area contributed by atoms with Crippen molar-refractivity contribution in [2.45, 2.75) is 6.10 Å². The van der Waals surface area contributed by atoms with E-state index in [1.54, 1.807) is 23.6 Å². The second kappa shape index (κ2) is 4.38. The second-order valence-corrected chi connectivity index (χ2v) is 6.31. The first-order valence-corrected chi connectivity index (χ1v) is 7.08. The van der Waals surface area contributed by atoms with E-state index >= 15 is 0 Å². The van der Waals surface area contributed by atoms with E-state index in [0.717, 1.165) is 20.7 Å². The first kappa shape index (κ1) is 11.2. The summed E-state index contributed by atoms with van der Waals surface area (Å²) >= 11 is 8.88. The van der Waals surface area contributed by atoms with Crippen molar-refractivity contribution in [1.82, 2.24) is 4.98 Å². The Balaban J connectivity index is 2.02. The van der Waals surface area contributed by atoms with Crippen LogP contribution in [0, 0.1) is 0 Å². The fraction of sp³-hybridized carbons (Fsp3) is 0.0833. The van der Waals surface area contributed by atoms with Crippen molar-refractivity contribution in [3.05, 3.63) is 50.6 Å². The Hall–Kier alpha value is -0.940. The maximum absolute atomic E-state index is 10.2. The van der Waals surface area contributed by atoms with Crippen LogP contribution >= 0.6 is 34.3 Å². The highest BCUT2D eigenvalue weighted by Crippen LogP contribution is 2.32. The third kappa shape index (κ3) is 2.09. The molecule has 3 rings (SSSR count). The van der Waals surface area contributed by atoms with Crippen molar-refractivity contribution in [1.29, 1.82) is 0 Å². The Bertz CT molecular complexity index is 661. The minimum Gasteiger partial charge on any atom is -0.383 e. The van der Waals surface area contributed by atoms with Gasteiger partial charge in [0, 0.05) is 16.6 Å². The molecule has 3 aromatic rings. The predicted octanol–water partition coefficient (Wildman–Crippen LogP) is 4.09. The van der Waals surface area contributed by atoms with Crippen molar-refractivity contribution in [2.24, 2.45) is 0 Å². The number of fused-ring (bicyclic) bond motifs is 1. The van der Waals surface area contributed by atoms with E-state index in [1.807, 2.05) is 23.6 Å². The van der Waals surface area contributed by atoms with E-state index in [-0.39, 0.29) is 0 Å². The van der Waals surface area contributed by atoms with Crippen LogP contribution in [0.5, 0.6) is 0 Å². The Morgan fingerprint density at radius 3 is 2.94 bits per heavy atom. The zero-order valence-corrected chi connectivity index (χ0v) is 11.0. The van der Waals surface area contributed by atoms with Gasteiger partial charge in [-0.15, -0.1) is 22.7 Å². The molecular formula is C12H8ClNOS2. The number of aromatic nitrogens is 1. The van der Waals surface area contributed by atoms with E-state index < -0.39 is 6.10 Å². The van der Waals surface area contributed by atoms with Gasteiger partial charge in [-0.25, -0.2) is 0 Å². The smallest absolute Gasteiger partial charge is 0.115 e. The molecule has 0 fully saturated rings. The van der Waals surface area contributed by atoms with Crippen LogP contribution in [-0.4, -0.2) is 10.1 Å². The van der Waals surface area contributed by atoms with Crippen molar-refractivity contribution < 1.29 is 5.11 Å². The Kier molecular flexibility index (Phi) is 2.88. The van der Waals surface area contributed by atoms with E-state index in [2.05, 4.69) is 4.98 Å². The number of thiophene rings is 2. The summed E-state index contributed by atoms with van der Waals surface area (Å²) in [5.74, 6) is 0. The molecule has 0 saturated carbocycles. The molecule has 3 heterocycles. The molecule has 0 aromatic carbocycles. The number of nitrogens with zero attached hydrogens (tertiary/aromatic N) is 1. The lowest BCUT2D eigenvalue weighted by Gasteiger charge is -2.08. The topological polar surface area (TPSA) is 33.1 Å². The molecular weight excluding hydrogens is 274 g/mol. The number of aliphatic hydroxyl groups excluding tert-OH is 1. The number of rotatable bonds is 2. The molecule has 86 valence electrons. The standard InChI is InChI=1S/C12H8ClNOS2/c13-11-2-1-9(17-11)12(15)7-5-10-8(14-6-7)3-4-16-10/h1-6,12,15H. The molecule has 0 aliphatic rings. The quantitative estimate of drug-likeness (QED) is 0.767. The normalized spacial score (nSPS) is 13.1. The van der Waals surface area contributed by atoms with Gasteiger partial charge in [-0.3, -0.25) is 4.98 Å². The first-order chi connectivity index (χ1) is 8.24. The molecule has 0 spiro atoms. The highest BCUT2D eigenvalue weighted by molar-refractivity contribution is 7.17. The predicted molar refractivity (Wildman–Crippen MR) is 73.0 cm³/mol. The van der Waals surface area contributed by atoms with E-state index in [1.165, 1.54) is 11.3 Å². The van der Waals surface area contributed by atoms with Gasteiger partial charge in [-0.2, -0.15) is 0 Å². The van der Waals surface area contributed by atoms with Gasteiger partial charge in [0.1, 0.15) is 6.10 Å². The molecule has 17 heavy (non-hydrogen) atoms. The summed E-state index contributed by atoms with van der Waals surface area (Å²) < 4.78 is 1.77. The fourth-order valence-electron chi connectivity index (χ4n) is 1.65. The molecule has 2 nitrogen and oxygen atoms in total. The summed E-state index contributed by atoms with van der Waals surface area (Å²) in [5, 5.41) is 12.2. The monoisotopic (exact) mass is 281 g/mol. The molecule has 1 unspecified atom stereocenters. The lowest BCUT2D eigenvalue weighted by atomic mass is 10.1.